The molecule has 0 saturated carbocycles. The molecule has 0 radical (unpaired) electrons. The van der Waals surface area contributed by atoms with E-state index in [0.29, 0.717) is 4.88 Å². The highest BCUT2D eigenvalue weighted by atomic mass is 32.1. The fourth-order valence-corrected chi connectivity index (χ4v) is 3.79. The maximum atomic E-state index is 12.2. The van der Waals surface area contributed by atoms with Gasteiger partial charge in [-0.15, -0.1) is 11.3 Å². The number of fused-ring (bicyclic) bond motifs is 3. The third kappa shape index (κ3) is 2.76. The van der Waals surface area contributed by atoms with Crippen molar-refractivity contribution < 1.29 is 14.7 Å². The highest BCUT2D eigenvalue weighted by molar-refractivity contribution is 7.17. The summed E-state index contributed by atoms with van der Waals surface area (Å²) in [6.45, 7) is 1.73. The number of rotatable bonds is 4. The zero-order valence-corrected chi connectivity index (χ0v) is 13.1. The van der Waals surface area contributed by atoms with Gasteiger partial charge in [0.25, 0.3) is 5.91 Å². The molecule has 1 unspecified atom stereocenters. The Balaban J connectivity index is 1.80. The predicted molar refractivity (Wildman–Crippen MR) is 86.3 cm³/mol. The van der Waals surface area contributed by atoms with Gasteiger partial charge in [0.2, 0.25) is 0 Å². The predicted octanol–water partition coefficient (Wildman–Crippen LogP) is 2.96. The van der Waals surface area contributed by atoms with Crippen LogP contribution in [0.25, 0.3) is 10.4 Å². The van der Waals surface area contributed by atoms with Crippen LogP contribution in [0.5, 0.6) is 0 Å². The number of carbonyl (C=O) groups excluding carboxylic acids is 1. The molecule has 1 aliphatic carbocycles. The Morgan fingerprint density at radius 3 is 2.77 bits per heavy atom. The summed E-state index contributed by atoms with van der Waals surface area (Å²) in [5, 5.41) is 11.6. The van der Waals surface area contributed by atoms with Gasteiger partial charge in [0.05, 0.1) is 10.8 Å². The van der Waals surface area contributed by atoms with Crippen LogP contribution in [-0.2, 0) is 17.6 Å². The van der Waals surface area contributed by atoms with E-state index in [4.69, 9.17) is 5.11 Å². The van der Waals surface area contributed by atoms with Crippen LogP contribution in [0.2, 0.25) is 0 Å². The number of carbonyl (C=O) groups is 2. The monoisotopic (exact) mass is 315 g/mol. The van der Waals surface area contributed by atoms with Gasteiger partial charge in [-0.3, -0.25) is 9.59 Å². The lowest BCUT2D eigenvalue weighted by molar-refractivity contribution is -0.140. The molecule has 3 rings (SSSR count). The fraction of sp³-hybridized carbons (Fsp3) is 0.294. The number of hydrogen-bond donors (Lipinski definition) is 2. The quantitative estimate of drug-likeness (QED) is 0.911. The van der Waals surface area contributed by atoms with E-state index in [1.54, 1.807) is 6.92 Å². The average molecular weight is 315 g/mol. The van der Waals surface area contributed by atoms with Gasteiger partial charge in [0.15, 0.2) is 0 Å². The van der Waals surface area contributed by atoms with Crippen LogP contribution in [0.4, 0.5) is 0 Å². The minimum atomic E-state index is -0.903. The van der Waals surface area contributed by atoms with E-state index in [-0.39, 0.29) is 12.5 Å². The Morgan fingerprint density at radius 2 is 2.00 bits per heavy atom. The first-order chi connectivity index (χ1) is 10.6. The molecule has 1 heterocycles. The van der Waals surface area contributed by atoms with Crippen LogP contribution >= 0.6 is 11.3 Å². The van der Waals surface area contributed by atoms with Crippen LogP contribution < -0.4 is 5.32 Å². The first-order valence-electron chi connectivity index (χ1n) is 7.28. The summed E-state index contributed by atoms with van der Waals surface area (Å²) in [5.74, 6) is -1.68. The number of aliphatic carboxylic acids is 1. The second-order valence-electron chi connectivity index (χ2n) is 5.57. The number of thiophene rings is 1. The highest BCUT2D eigenvalue weighted by Gasteiger charge is 2.21. The maximum Gasteiger partial charge on any atom is 0.308 e. The molecule has 1 aromatic heterocycles. The molecule has 0 bridgehead atoms. The molecule has 1 amide bonds. The third-order valence-electron chi connectivity index (χ3n) is 3.95. The van der Waals surface area contributed by atoms with Crippen LogP contribution in [0.3, 0.4) is 0 Å². The smallest absolute Gasteiger partial charge is 0.308 e. The zero-order valence-electron chi connectivity index (χ0n) is 12.3. The van der Waals surface area contributed by atoms with E-state index in [9.17, 15) is 9.59 Å². The topological polar surface area (TPSA) is 66.4 Å². The van der Waals surface area contributed by atoms with Gasteiger partial charge < -0.3 is 10.4 Å². The van der Waals surface area contributed by atoms with E-state index in [1.807, 2.05) is 18.2 Å². The molecule has 0 fully saturated rings. The largest absolute Gasteiger partial charge is 0.481 e. The number of benzene rings is 1. The van der Waals surface area contributed by atoms with Crippen LogP contribution in [0.15, 0.2) is 30.3 Å². The molecule has 0 spiro atoms. The maximum absolute atomic E-state index is 12.2. The Bertz CT molecular complexity index is 735. The molecular formula is C17H17NO3S. The van der Waals surface area contributed by atoms with Crippen LogP contribution in [0, 0.1) is 5.92 Å². The van der Waals surface area contributed by atoms with Crippen molar-refractivity contribution in [1.29, 1.82) is 0 Å². The lowest BCUT2D eigenvalue weighted by atomic mass is 9.91. The van der Waals surface area contributed by atoms with Crippen molar-refractivity contribution in [3.63, 3.8) is 0 Å². The molecule has 5 heteroatoms. The average Bonchev–Trinajstić information content (AvgIpc) is 2.96. The van der Waals surface area contributed by atoms with Crippen molar-refractivity contribution in [1.82, 2.24) is 5.32 Å². The number of amides is 1. The molecule has 2 aromatic rings. The van der Waals surface area contributed by atoms with Crippen molar-refractivity contribution in [2.45, 2.75) is 19.8 Å². The lowest BCUT2D eigenvalue weighted by Gasteiger charge is -2.15. The minimum Gasteiger partial charge on any atom is -0.481 e. The molecule has 0 saturated heterocycles. The van der Waals surface area contributed by atoms with Crippen LogP contribution in [0.1, 0.15) is 27.7 Å². The second-order valence-corrected chi connectivity index (χ2v) is 6.62. The van der Waals surface area contributed by atoms with Gasteiger partial charge in [0, 0.05) is 11.4 Å². The van der Waals surface area contributed by atoms with E-state index in [2.05, 4.69) is 17.4 Å². The van der Waals surface area contributed by atoms with Gasteiger partial charge >= 0.3 is 5.97 Å². The third-order valence-corrected chi connectivity index (χ3v) is 5.16. The molecule has 1 aromatic carbocycles. The van der Waals surface area contributed by atoms with E-state index in [1.165, 1.54) is 32.9 Å². The summed E-state index contributed by atoms with van der Waals surface area (Å²) < 4.78 is 0. The highest BCUT2D eigenvalue weighted by Crippen LogP contribution is 2.39. The Hall–Kier alpha value is -2.14. The zero-order chi connectivity index (χ0) is 15.7. The molecule has 22 heavy (non-hydrogen) atoms. The number of nitrogens with one attached hydrogen (secondary N) is 1. The van der Waals surface area contributed by atoms with Crippen molar-refractivity contribution in [3.8, 4) is 10.4 Å². The van der Waals surface area contributed by atoms with E-state index >= 15 is 0 Å². The summed E-state index contributed by atoms with van der Waals surface area (Å²) in [5.41, 5.74) is 3.75. The normalized spacial score (nSPS) is 13.9. The summed E-state index contributed by atoms with van der Waals surface area (Å²) in [4.78, 5) is 24.8. The molecule has 4 nitrogen and oxygen atoms in total. The Morgan fingerprint density at radius 1 is 1.27 bits per heavy atom. The van der Waals surface area contributed by atoms with Gasteiger partial charge in [-0.05, 0) is 35.6 Å². The summed E-state index contributed by atoms with van der Waals surface area (Å²) in [6, 6.07) is 10.2. The van der Waals surface area contributed by atoms with Crippen molar-refractivity contribution >= 4 is 23.2 Å². The number of aryl methyl sites for hydroxylation is 2. The number of hydrogen-bond acceptors (Lipinski definition) is 3. The molecule has 2 N–H and O–H groups in total. The number of carboxylic acids is 1. The van der Waals surface area contributed by atoms with Gasteiger partial charge in [-0.1, -0.05) is 31.2 Å². The Labute approximate surface area is 132 Å². The standard InChI is InChI=1S/C17H17NO3S/c1-10(17(20)21)9-18-16(19)14-8-12-7-6-11-4-2-3-5-13(11)15(12)22-14/h2-5,8,10H,6-7,9H2,1H3,(H,18,19)(H,20,21). The first kappa shape index (κ1) is 14.8. The lowest BCUT2D eigenvalue weighted by Crippen LogP contribution is -2.30. The summed E-state index contributed by atoms with van der Waals surface area (Å²) >= 11 is 1.49. The molecule has 114 valence electrons. The molecule has 0 aliphatic heterocycles. The molecule has 1 aliphatic rings. The summed E-state index contributed by atoms with van der Waals surface area (Å²) in [6.07, 6.45) is 1.94. The van der Waals surface area contributed by atoms with Crippen molar-refractivity contribution in [2.24, 2.45) is 5.92 Å². The second kappa shape index (κ2) is 5.93. The number of carboxylic acid groups (broad SMARTS) is 1. The SMILES string of the molecule is CC(CNC(=O)c1cc2c(s1)-c1ccccc1CC2)C(=O)O. The van der Waals surface area contributed by atoms with E-state index < -0.39 is 11.9 Å². The van der Waals surface area contributed by atoms with Gasteiger partial charge in [-0.2, -0.15) is 0 Å². The first-order valence-corrected chi connectivity index (χ1v) is 8.10. The van der Waals surface area contributed by atoms with Gasteiger partial charge in [-0.25, -0.2) is 0 Å². The molecular weight excluding hydrogens is 298 g/mol. The summed E-state index contributed by atoms with van der Waals surface area (Å²) in [7, 11) is 0. The molecule has 1 atom stereocenters. The Kier molecular flexibility index (Phi) is 3.98. The minimum absolute atomic E-state index is 0.146. The van der Waals surface area contributed by atoms with Crippen molar-refractivity contribution in [3.05, 3.63) is 46.3 Å². The van der Waals surface area contributed by atoms with E-state index in [0.717, 1.165) is 12.8 Å². The van der Waals surface area contributed by atoms with Crippen molar-refractivity contribution in [2.75, 3.05) is 6.54 Å². The van der Waals surface area contributed by atoms with Crippen LogP contribution in [-0.4, -0.2) is 23.5 Å². The fourth-order valence-electron chi connectivity index (χ4n) is 2.60. The van der Waals surface area contributed by atoms with Gasteiger partial charge in [0.1, 0.15) is 0 Å².